The minimum Gasteiger partial charge on any atom is -0.326 e. The van der Waals surface area contributed by atoms with Gasteiger partial charge < -0.3 is 10.6 Å². The fraction of sp³-hybridized carbons (Fsp3) is 0.185. The van der Waals surface area contributed by atoms with Crippen LogP contribution in [0.5, 0.6) is 0 Å². The molecular weight excluding hydrogens is 464 g/mol. The lowest BCUT2D eigenvalue weighted by molar-refractivity contribution is -0.118. The number of halogens is 1. The van der Waals surface area contributed by atoms with Gasteiger partial charge in [-0.15, -0.1) is 0 Å². The second kappa shape index (κ2) is 9.72. The van der Waals surface area contributed by atoms with Crippen molar-refractivity contribution in [2.45, 2.75) is 33.7 Å². The first-order valence-electron chi connectivity index (χ1n) is 11.1. The molecule has 0 saturated carbocycles. The standard InChI is InChI=1S/C27H25ClN4O3/c1-15-9-12-21(29-18(4)33)20(13-15)25-27(35)32(24-8-6-5-7-22(24)30-25)17(3)26(34)31-23-14-19(28)11-10-16(23)2/h5-14,17H,1-4H3,(H,29,33)(H,31,34)/t17-/m1/s1. The quantitative estimate of drug-likeness (QED) is 0.388. The Hall–Kier alpha value is -3.97. The van der Waals surface area contributed by atoms with Gasteiger partial charge in [-0.2, -0.15) is 0 Å². The van der Waals surface area contributed by atoms with Crippen LogP contribution in [0.15, 0.2) is 65.5 Å². The van der Waals surface area contributed by atoms with Gasteiger partial charge >= 0.3 is 0 Å². The molecule has 8 heteroatoms. The number of hydrogen-bond donors (Lipinski definition) is 2. The summed E-state index contributed by atoms with van der Waals surface area (Å²) < 4.78 is 1.44. The highest BCUT2D eigenvalue weighted by Crippen LogP contribution is 2.28. The molecular formula is C27H25ClN4O3. The number of fused-ring (bicyclic) bond motifs is 1. The summed E-state index contributed by atoms with van der Waals surface area (Å²) in [5.74, 6) is -0.632. The zero-order valence-corrected chi connectivity index (χ0v) is 20.6. The van der Waals surface area contributed by atoms with Gasteiger partial charge in [-0.05, 0) is 62.7 Å². The fourth-order valence-electron chi connectivity index (χ4n) is 3.95. The molecule has 4 aromatic rings. The highest BCUT2D eigenvalue weighted by atomic mass is 35.5. The van der Waals surface area contributed by atoms with Crippen molar-refractivity contribution in [2.75, 3.05) is 10.6 Å². The van der Waals surface area contributed by atoms with Crippen LogP contribution in [-0.4, -0.2) is 21.4 Å². The number of amides is 2. The van der Waals surface area contributed by atoms with Crippen LogP contribution in [0.2, 0.25) is 5.02 Å². The molecule has 2 N–H and O–H groups in total. The maximum atomic E-state index is 13.8. The predicted molar refractivity (Wildman–Crippen MR) is 140 cm³/mol. The van der Waals surface area contributed by atoms with E-state index in [0.29, 0.717) is 33.0 Å². The van der Waals surface area contributed by atoms with Crippen molar-refractivity contribution < 1.29 is 9.59 Å². The number of carbonyl (C=O) groups excluding carboxylic acids is 2. The third kappa shape index (κ3) is 4.95. The van der Waals surface area contributed by atoms with E-state index in [9.17, 15) is 14.4 Å². The van der Waals surface area contributed by atoms with E-state index < -0.39 is 11.6 Å². The summed E-state index contributed by atoms with van der Waals surface area (Å²) in [6.45, 7) is 6.83. The molecule has 1 heterocycles. The normalized spacial score (nSPS) is 11.8. The van der Waals surface area contributed by atoms with Gasteiger partial charge in [-0.3, -0.25) is 19.0 Å². The molecule has 35 heavy (non-hydrogen) atoms. The van der Waals surface area contributed by atoms with Gasteiger partial charge in [0, 0.05) is 23.2 Å². The summed E-state index contributed by atoms with van der Waals surface area (Å²) in [6, 6.07) is 16.9. The molecule has 0 saturated heterocycles. The number of hydrogen-bond acceptors (Lipinski definition) is 4. The van der Waals surface area contributed by atoms with Gasteiger partial charge in [0.1, 0.15) is 11.7 Å². The van der Waals surface area contributed by atoms with Crippen molar-refractivity contribution in [3.05, 3.63) is 87.2 Å². The largest absolute Gasteiger partial charge is 0.326 e. The van der Waals surface area contributed by atoms with Crippen molar-refractivity contribution in [2.24, 2.45) is 0 Å². The Bertz CT molecular complexity index is 1530. The summed E-state index contributed by atoms with van der Waals surface area (Å²) in [5, 5.41) is 6.16. The van der Waals surface area contributed by atoms with E-state index in [4.69, 9.17) is 11.6 Å². The molecule has 0 spiro atoms. The second-order valence-corrected chi connectivity index (χ2v) is 8.92. The molecule has 4 rings (SSSR count). The van der Waals surface area contributed by atoms with E-state index in [0.717, 1.165) is 11.1 Å². The molecule has 0 radical (unpaired) electrons. The first-order valence-corrected chi connectivity index (χ1v) is 11.5. The Morgan fingerprint density at radius 1 is 0.971 bits per heavy atom. The van der Waals surface area contributed by atoms with Crippen molar-refractivity contribution in [1.82, 2.24) is 9.55 Å². The molecule has 0 bridgehead atoms. The molecule has 0 aliphatic carbocycles. The average Bonchev–Trinajstić information content (AvgIpc) is 2.81. The third-order valence-corrected chi connectivity index (χ3v) is 6.00. The zero-order chi connectivity index (χ0) is 25.3. The highest BCUT2D eigenvalue weighted by molar-refractivity contribution is 6.31. The van der Waals surface area contributed by atoms with Crippen LogP contribution in [0.3, 0.4) is 0 Å². The maximum Gasteiger partial charge on any atom is 0.278 e. The van der Waals surface area contributed by atoms with E-state index >= 15 is 0 Å². The van der Waals surface area contributed by atoms with Crippen LogP contribution in [0, 0.1) is 13.8 Å². The summed E-state index contributed by atoms with van der Waals surface area (Å²) >= 11 is 6.11. The molecule has 0 fully saturated rings. The van der Waals surface area contributed by atoms with Gasteiger partial charge in [-0.1, -0.05) is 41.4 Å². The lowest BCUT2D eigenvalue weighted by Crippen LogP contribution is -2.33. The molecule has 7 nitrogen and oxygen atoms in total. The Balaban J connectivity index is 1.88. The van der Waals surface area contributed by atoms with Gasteiger partial charge in [0.05, 0.1) is 16.7 Å². The third-order valence-electron chi connectivity index (χ3n) is 5.76. The summed E-state index contributed by atoms with van der Waals surface area (Å²) in [4.78, 5) is 43.6. The first kappa shape index (κ1) is 24.2. The van der Waals surface area contributed by atoms with Gasteiger partial charge in [0.15, 0.2) is 0 Å². The molecule has 178 valence electrons. The molecule has 0 unspecified atom stereocenters. The Labute approximate surface area is 207 Å². The smallest absolute Gasteiger partial charge is 0.278 e. The van der Waals surface area contributed by atoms with Gasteiger partial charge in [-0.25, -0.2) is 4.98 Å². The van der Waals surface area contributed by atoms with E-state index in [1.165, 1.54) is 11.5 Å². The van der Waals surface area contributed by atoms with Crippen LogP contribution in [-0.2, 0) is 9.59 Å². The van der Waals surface area contributed by atoms with Crippen LogP contribution in [0.4, 0.5) is 11.4 Å². The minimum absolute atomic E-state index is 0.148. The number of nitrogens with one attached hydrogen (secondary N) is 2. The Morgan fingerprint density at radius 2 is 1.71 bits per heavy atom. The SMILES string of the molecule is CC(=O)Nc1ccc(C)cc1-c1nc2ccccc2n([C@H](C)C(=O)Nc2cc(Cl)ccc2C)c1=O. The number of aryl methyl sites for hydroxylation is 2. The zero-order valence-electron chi connectivity index (χ0n) is 19.8. The monoisotopic (exact) mass is 488 g/mol. The van der Waals surface area contributed by atoms with Crippen LogP contribution >= 0.6 is 11.6 Å². The molecule has 0 aliphatic rings. The molecule has 1 atom stereocenters. The number of nitrogens with zero attached hydrogens (tertiary/aromatic N) is 2. The van der Waals surface area contributed by atoms with E-state index in [-0.39, 0.29) is 17.5 Å². The minimum atomic E-state index is -0.860. The van der Waals surface area contributed by atoms with Crippen LogP contribution in [0.1, 0.15) is 31.0 Å². The maximum absolute atomic E-state index is 13.8. The lowest BCUT2D eigenvalue weighted by atomic mass is 10.1. The number of para-hydroxylation sites is 2. The predicted octanol–water partition coefficient (Wildman–Crippen LogP) is 5.49. The average molecular weight is 489 g/mol. The summed E-state index contributed by atoms with van der Waals surface area (Å²) in [7, 11) is 0. The van der Waals surface area contributed by atoms with E-state index in [2.05, 4.69) is 15.6 Å². The second-order valence-electron chi connectivity index (χ2n) is 8.48. The summed E-state index contributed by atoms with van der Waals surface area (Å²) in [5.41, 5.74) is 4.08. The number of benzene rings is 3. The first-order chi connectivity index (χ1) is 16.7. The number of aromatic nitrogens is 2. The molecule has 2 amide bonds. The number of anilines is 2. The van der Waals surface area contributed by atoms with E-state index in [1.807, 2.05) is 32.0 Å². The van der Waals surface area contributed by atoms with E-state index in [1.54, 1.807) is 49.4 Å². The molecule has 0 aliphatic heterocycles. The molecule has 1 aromatic heterocycles. The van der Waals surface area contributed by atoms with Crippen LogP contribution < -0.4 is 16.2 Å². The highest BCUT2D eigenvalue weighted by Gasteiger charge is 2.23. The summed E-state index contributed by atoms with van der Waals surface area (Å²) in [6.07, 6.45) is 0. The Morgan fingerprint density at radius 3 is 2.46 bits per heavy atom. The number of carbonyl (C=O) groups is 2. The number of rotatable bonds is 5. The van der Waals surface area contributed by atoms with Crippen molar-refractivity contribution in [1.29, 1.82) is 0 Å². The van der Waals surface area contributed by atoms with Crippen molar-refractivity contribution in [3.8, 4) is 11.3 Å². The fourth-order valence-corrected chi connectivity index (χ4v) is 4.12. The van der Waals surface area contributed by atoms with Crippen molar-refractivity contribution >= 4 is 45.8 Å². The Kier molecular flexibility index (Phi) is 6.71. The topological polar surface area (TPSA) is 93.1 Å². The van der Waals surface area contributed by atoms with Crippen molar-refractivity contribution in [3.63, 3.8) is 0 Å². The van der Waals surface area contributed by atoms with Gasteiger partial charge in [0.25, 0.3) is 5.56 Å². The lowest BCUT2D eigenvalue weighted by Gasteiger charge is -2.20. The molecule has 3 aromatic carbocycles. The van der Waals surface area contributed by atoms with Gasteiger partial charge in [0.2, 0.25) is 11.8 Å². The van der Waals surface area contributed by atoms with Crippen LogP contribution in [0.25, 0.3) is 22.3 Å².